The SMILES string of the molecule is COC1CC(N(C)c2ncnc3c2cnn3-c2ccccc2)C12CCC2. The summed E-state index contributed by atoms with van der Waals surface area (Å²) >= 11 is 0. The third-order valence-corrected chi connectivity index (χ3v) is 6.46. The van der Waals surface area contributed by atoms with Crippen LogP contribution in [0.25, 0.3) is 16.7 Å². The molecule has 134 valence electrons. The van der Waals surface area contributed by atoms with E-state index in [1.165, 1.54) is 19.3 Å². The van der Waals surface area contributed by atoms with E-state index in [2.05, 4.69) is 27.0 Å². The first kappa shape index (κ1) is 15.8. The number of nitrogens with zero attached hydrogens (tertiary/aromatic N) is 5. The van der Waals surface area contributed by atoms with Gasteiger partial charge in [-0.25, -0.2) is 14.6 Å². The van der Waals surface area contributed by atoms with Crippen LogP contribution in [0, 0.1) is 5.41 Å². The highest BCUT2D eigenvalue weighted by Crippen LogP contribution is 2.59. The van der Waals surface area contributed by atoms with Crippen LogP contribution < -0.4 is 4.90 Å². The number of anilines is 1. The summed E-state index contributed by atoms with van der Waals surface area (Å²) in [6.07, 6.45) is 8.77. The lowest BCUT2D eigenvalue weighted by Crippen LogP contribution is -2.67. The maximum Gasteiger partial charge on any atom is 0.168 e. The molecule has 0 amide bonds. The second-order valence-electron chi connectivity index (χ2n) is 7.50. The van der Waals surface area contributed by atoms with Crippen LogP contribution in [0.4, 0.5) is 5.82 Å². The zero-order valence-electron chi connectivity index (χ0n) is 15.2. The van der Waals surface area contributed by atoms with Gasteiger partial charge in [-0.2, -0.15) is 5.10 Å². The molecule has 2 saturated carbocycles. The lowest BCUT2D eigenvalue weighted by molar-refractivity contribution is -0.152. The van der Waals surface area contributed by atoms with E-state index >= 15 is 0 Å². The Morgan fingerprint density at radius 2 is 2.00 bits per heavy atom. The Bertz CT molecular complexity index is 934. The van der Waals surface area contributed by atoms with Crippen LogP contribution in [0.1, 0.15) is 25.7 Å². The molecule has 2 heterocycles. The molecule has 0 aliphatic heterocycles. The Kier molecular flexibility index (Phi) is 3.50. The van der Waals surface area contributed by atoms with Crippen LogP contribution in [0.3, 0.4) is 0 Å². The zero-order chi connectivity index (χ0) is 17.7. The molecule has 1 aromatic carbocycles. The lowest BCUT2D eigenvalue weighted by Gasteiger charge is -2.63. The summed E-state index contributed by atoms with van der Waals surface area (Å²) in [5.74, 6) is 0.961. The van der Waals surface area contributed by atoms with Crippen LogP contribution in [-0.2, 0) is 4.74 Å². The number of aromatic nitrogens is 4. The molecule has 6 heteroatoms. The van der Waals surface area contributed by atoms with Gasteiger partial charge in [0.25, 0.3) is 0 Å². The van der Waals surface area contributed by atoms with E-state index in [1.807, 2.05) is 48.3 Å². The first-order valence-electron chi connectivity index (χ1n) is 9.24. The first-order chi connectivity index (χ1) is 12.7. The molecule has 0 saturated heterocycles. The van der Waals surface area contributed by atoms with Gasteiger partial charge >= 0.3 is 0 Å². The molecule has 2 aliphatic carbocycles. The van der Waals surface area contributed by atoms with Crippen molar-refractivity contribution < 1.29 is 4.74 Å². The van der Waals surface area contributed by atoms with Gasteiger partial charge in [0.15, 0.2) is 5.65 Å². The topological polar surface area (TPSA) is 56.1 Å². The molecule has 0 bridgehead atoms. The minimum atomic E-state index is 0.302. The predicted molar refractivity (Wildman–Crippen MR) is 101 cm³/mol. The Hall–Kier alpha value is -2.47. The van der Waals surface area contributed by atoms with E-state index in [1.54, 1.807) is 6.33 Å². The summed E-state index contributed by atoms with van der Waals surface area (Å²) in [6.45, 7) is 0. The van der Waals surface area contributed by atoms with E-state index in [-0.39, 0.29) is 0 Å². The Labute approximate surface area is 152 Å². The molecule has 5 rings (SSSR count). The summed E-state index contributed by atoms with van der Waals surface area (Å²) in [7, 11) is 3.99. The average Bonchev–Trinajstić information content (AvgIpc) is 3.04. The highest BCUT2D eigenvalue weighted by Gasteiger charge is 2.60. The van der Waals surface area contributed by atoms with Gasteiger partial charge in [-0.1, -0.05) is 24.6 Å². The second kappa shape index (κ2) is 5.77. The minimum absolute atomic E-state index is 0.302. The Morgan fingerprint density at radius 1 is 1.19 bits per heavy atom. The second-order valence-corrected chi connectivity index (χ2v) is 7.50. The maximum atomic E-state index is 5.73. The van der Waals surface area contributed by atoms with E-state index in [0.29, 0.717) is 17.6 Å². The number of fused-ring (bicyclic) bond motifs is 1. The van der Waals surface area contributed by atoms with Gasteiger partial charge in [0.1, 0.15) is 12.1 Å². The molecule has 0 N–H and O–H groups in total. The van der Waals surface area contributed by atoms with Crippen molar-refractivity contribution in [1.82, 2.24) is 19.7 Å². The standard InChI is InChI=1S/C20H23N5O/c1-24(16-11-17(26-2)20(16)9-6-10-20)18-15-12-23-25(19(15)22-13-21-18)14-7-4-3-5-8-14/h3-5,7-8,12-13,16-17H,6,9-11H2,1-2H3. The van der Waals surface area contributed by atoms with Gasteiger partial charge in [0.05, 0.1) is 23.4 Å². The van der Waals surface area contributed by atoms with E-state index in [4.69, 9.17) is 4.74 Å². The van der Waals surface area contributed by atoms with Crippen molar-refractivity contribution in [2.75, 3.05) is 19.1 Å². The molecule has 1 spiro atoms. The largest absolute Gasteiger partial charge is 0.381 e. The summed E-state index contributed by atoms with van der Waals surface area (Å²) in [5.41, 5.74) is 2.16. The molecule has 3 aromatic rings. The van der Waals surface area contributed by atoms with Crippen LogP contribution >= 0.6 is 0 Å². The smallest absolute Gasteiger partial charge is 0.168 e. The number of rotatable bonds is 4. The summed E-state index contributed by atoms with van der Waals surface area (Å²) in [6, 6.07) is 10.6. The van der Waals surface area contributed by atoms with Crippen LogP contribution in [0.5, 0.6) is 0 Å². The van der Waals surface area contributed by atoms with Crippen molar-refractivity contribution in [3.63, 3.8) is 0 Å². The number of hydrogen-bond acceptors (Lipinski definition) is 5. The highest BCUT2D eigenvalue weighted by atomic mass is 16.5. The molecule has 2 aliphatic rings. The fourth-order valence-electron chi connectivity index (χ4n) is 4.86. The van der Waals surface area contributed by atoms with Crippen LogP contribution in [0.2, 0.25) is 0 Å². The zero-order valence-corrected chi connectivity index (χ0v) is 15.2. The monoisotopic (exact) mass is 349 g/mol. The molecule has 2 atom stereocenters. The first-order valence-corrected chi connectivity index (χ1v) is 9.24. The Balaban J connectivity index is 1.53. The van der Waals surface area contributed by atoms with Gasteiger partial charge in [-0.15, -0.1) is 0 Å². The molecular weight excluding hydrogens is 326 g/mol. The van der Waals surface area contributed by atoms with Gasteiger partial charge in [-0.05, 0) is 31.4 Å². The number of hydrogen-bond donors (Lipinski definition) is 0. The average molecular weight is 349 g/mol. The highest BCUT2D eigenvalue weighted by molar-refractivity contribution is 5.87. The molecule has 2 unspecified atom stereocenters. The Morgan fingerprint density at radius 3 is 2.69 bits per heavy atom. The summed E-state index contributed by atoms with van der Waals surface area (Å²) < 4.78 is 7.61. The molecule has 6 nitrogen and oxygen atoms in total. The lowest BCUT2D eigenvalue weighted by atomic mass is 9.50. The van der Waals surface area contributed by atoms with Gasteiger partial charge in [0.2, 0.25) is 0 Å². The number of benzene rings is 1. The quantitative estimate of drug-likeness (QED) is 0.724. The van der Waals surface area contributed by atoms with E-state index < -0.39 is 0 Å². The van der Waals surface area contributed by atoms with Gasteiger partial charge in [-0.3, -0.25) is 0 Å². The van der Waals surface area contributed by atoms with Crippen molar-refractivity contribution in [3.05, 3.63) is 42.9 Å². The van der Waals surface area contributed by atoms with Crippen molar-refractivity contribution in [1.29, 1.82) is 0 Å². The molecule has 26 heavy (non-hydrogen) atoms. The fraction of sp³-hybridized carbons (Fsp3) is 0.450. The third kappa shape index (κ3) is 2.05. The number of para-hydroxylation sites is 1. The van der Waals surface area contributed by atoms with Gasteiger partial charge in [0, 0.05) is 25.6 Å². The fourth-order valence-corrected chi connectivity index (χ4v) is 4.86. The van der Waals surface area contributed by atoms with Crippen LogP contribution in [-0.4, -0.2) is 46.1 Å². The van der Waals surface area contributed by atoms with Crippen molar-refractivity contribution in [3.8, 4) is 5.69 Å². The van der Waals surface area contributed by atoms with Crippen molar-refractivity contribution in [2.24, 2.45) is 5.41 Å². The molecular formula is C20H23N5O. The van der Waals surface area contributed by atoms with Crippen molar-refractivity contribution >= 4 is 16.9 Å². The predicted octanol–water partition coefficient (Wildman–Crippen LogP) is 3.21. The third-order valence-electron chi connectivity index (χ3n) is 6.46. The molecule has 2 aromatic heterocycles. The van der Waals surface area contributed by atoms with Crippen LogP contribution in [0.15, 0.2) is 42.9 Å². The minimum Gasteiger partial charge on any atom is -0.381 e. The van der Waals surface area contributed by atoms with E-state index in [9.17, 15) is 0 Å². The molecule has 2 fully saturated rings. The molecule has 0 radical (unpaired) electrons. The van der Waals surface area contributed by atoms with E-state index in [0.717, 1.165) is 29.0 Å². The maximum absolute atomic E-state index is 5.73. The van der Waals surface area contributed by atoms with Gasteiger partial charge < -0.3 is 9.64 Å². The normalized spacial score (nSPS) is 23.6. The van der Waals surface area contributed by atoms with Crippen molar-refractivity contribution in [2.45, 2.75) is 37.8 Å². The summed E-state index contributed by atoms with van der Waals surface area (Å²) in [4.78, 5) is 11.4. The summed E-state index contributed by atoms with van der Waals surface area (Å²) in [5, 5.41) is 5.57. The number of methoxy groups -OCH3 is 1. The number of ether oxygens (including phenoxy) is 1.